The quantitative estimate of drug-likeness (QED) is 0.185. The maximum Gasteiger partial charge on any atom is 0.296 e. The minimum absolute atomic E-state index is 0.0271. The van der Waals surface area contributed by atoms with Gasteiger partial charge >= 0.3 is 0 Å². The molecule has 9 heteroatoms. The Labute approximate surface area is 250 Å². The van der Waals surface area contributed by atoms with Crippen LogP contribution in [0.2, 0.25) is 0 Å². The summed E-state index contributed by atoms with van der Waals surface area (Å²) in [6.07, 6.45) is 0. The van der Waals surface area contributed by atoms with Gasteiger partial charge in [0.25, 0.3) is 5.91 Å². The molecule has 8 nitrogen and oxygen atoms in total. The number of aliphatic hydroxyl groups is 1. The summed E-state index contributed by atoms with van der Waals surface area (Å²) < 4.78 is 17.9. The Morgan fingerprint density at radius 3 is 2.47 bits per heavy atom. The summed E-state index contributed by atoms with van der Waals surface area (Å²) in [6, 6.07) is 30.3. The van der Waals surface area contributed by atoms with Crippen molar-refractivity contribution in [2.45, 2.75) is 12.6 Å². The molecule has 0 aliphatic carbocycles. The number of Topliss-reactive ketones (excluding diaryl/α,β-unsaturated/α-hetero) is 1. The number of thiazole rings is 1. The molecule has 43 heavy (non-hydrogen) atoms. The molecule has 1 amide bonds. The van der Waals surface area contributed by atoms with E-state index in [2.05, 4.69) is 4.98 Å². The van der Waals surface area contributed by atoms with Crippen molar-refractivity contribution < 1.29 is 28.6 Å². The van der Waals surface area contributed by atoms with E-state index in [1.807, 2.05) is 54.6 Å². The van der Waals surface area contributed by atoms with E-state index in [0.717, 1.165) is 15.6 Å². The molecular formula is C34H24N2O6S. The third-order valence-corrected chi connectivity index (χ3v) is 8.35. The number of nitrogens with zero attached hydrogens (tertiary/aromatic N) is 2. The number of ketones is 1. The van der Waals surface area contributed by atoms with Gasteiger partial charge in [0.05, 0.1) is 28.9 Å². The Hall–Kier alpha value is -5.41. The average molecular weight is 589 g/mol. The first kappa shape index (κ1) is 26.5. The van der Waals surface area contributed by atoms with Crippen LogP contribution >= 0.6 is 11.3 Å². The summed E-state index contributed by atoms with van der Waals surface area (Å²) in [5, 5.41) is 12.3. The fourth-order valence-electron chi connectivity index (χ4n) is 5.19. The van der Waals surface area contributed by atoms with Crippen LogP contribution in [0.25, 0.3) is 21.2 Å². The molecule has 212 valence electrons. The summed E-state index contributed by atoms with van der Waals surface area (Å²) >= 11 is 1.27. The average Bonchev–Trinajstić information content (AvgIpc) is 3.74. The lowest BCUT2D eigenvalue weighted by atomic mass is 9.95. The number of methoxy groups -OCH3 is 1. The lowest BCUT2D eigenvalue weighted by Gasteiger charge is -2.24. The first-order valence-electron chi connectivity index (χ1n) is 13.5. The topological polar surface area (TPSA) is 102 Å². The van der Waals surface area contributed by atoms with Gasteiger partial charge in [0, 0.05) is 5.39 Å². The van der Waals surface area contributed by atoms with E-state index in [-0.39, 0.29) is 11.3 Å². The zero-order valence-corrected chi connectivity index (χ0v) is 23.7. The van der Waals surface area contributed by atoms with Crippen LogP contribution in [0, 0.1) is 0 Å². The van der Waals surface area contributed by atoms with Gasteiger partial charge in [-0.25, -0.2) is 4.98 Å². The Bertz CT molecular complexity index is 1990. The third-order valence-electron chi connectivity index (χ3n) is 7.34. The van der Waals surface area contributed by atoms with E-state index in [0.29, 0.717) is 39.9 Å². The minimum atomic E-state index is -0.959. The number of aliphatic hydroxyl groups excluding tert-OH is 1. The van der Waals surface area contributed by atoms with Crippen LogP contribution in [0.5, 0.6) is 11.5 Å². The van der Waals surface area contributed by atoms with Crippen molar-refractivity contribution in [2.24, 2.45) is 0 Å². The van der Waals surface area contributed by atoms with E-state index >= 15 is 0 Å². The van der Waals surface area contributed by atoms with Crippen LogP contribution in [0.15, 0.2) is 119 Å². The van der Waals surface area contributed by atoms with E-state index in [9.17, 15) is 14.7 Å². The van der Waals surface area contributed by atoms with E-state index < -0.39 is 23.5 Å². The molecule has 2 aromatic heterocycles. The number of furan rings is 1. The van der Waals surface area contributed by atoms with Gasteiger partial charge in [0.1, 0.15) is 23.7 Å². The molecule has 7 rings (SSSR count). The Balaban J connectivity index is 1.29. The van der Waals surface area contributed by atoms with Crippen molar-refractivity contribution in [3.8, 4) is 11.5 Å². The number of amides is 1. The molecule has 1 unspecified atom stereocenters. The molecule has 0 saturated carbocycles. The number of carbonyl (C=O) groups excluding carboxylic acids is 2. The van der Waals surface area contributed by atoms with Crippen LogP contribution in [0.3, 0.4) is 0 Å². The van der Waals surface area contributed by atoms with Crippen LogP contribution in [-0.4, -0.2) is 28.9 Å². The number of aromatic nitrogens is 1. The van der Waals surface area contributed by atoms with Gasteiger partial charge in [-0.2, -0.15) is 0 Å². The maximum absolute atomic E-state index is 14.0. The van der Waals surface area contributed by atoms with E-state index in [1.54, 1.807) is 55.6 Å². The zero-order valence-electron chi connectivity index (χ0n) is 22.9. The van der Waals surface area contributed by atoms with Gasteiger partial charge in [-0.05, 0) is 53.6 Å². The van der Waals surface area contributed by atoms with Gasteiger partial charge in [-0.3, -0.25) is 14.5 Å². The maximum atomic E-state index is 14.0. The first-order valence-corrected chi connectivity index (χ1v) is 14.3. The second-order valence-corrected chi connectivity index (χ2v) is 11.0. The highest BCUT2D eigenvalue weighted by Gasteiger charge is 2.46. The van der Waals surface area contributed by atoms with Gasteiger partial charge in [-0.15, -0.1) is 0 Å². The monoisotopic (exact) mass is 588 g/mol. The van der Waals surface area contributed by atoms with Crippen molar-refractivity contribution in [3.63, 3.8) is 0 Å². The summed E-state index contributed by atoms with van der Waals surface area (Å²) in [5.74, 6) is -0.647. The lowest BCUT2D eigenvalue weighted by Crippen LogP contribution is -2.30. The number of hydrogen-bond acceptors (Lipinski definition) is 8. The molecule has 0 saturated heterocycles. The Morgan fingerprint density at radius 2 is 1.70 bits per heavy atom. The molecule has 0 fully saturated rings. The predicted molar refractivity (Wildman–Crippen MR) is 164 cm³/mol. The van der Waals surface area contributed by atoms with Crippen molar-refractivity contribution in [1.82, 2.24) is 4.98 Å². The van der Waals surface area contributed by atoms with E-state index in [4.69, 9.17) is 13.9 Å². The van der Waals surface area contributed by atoms with Crippen LogP contribution in [-0.2, 0) is 11.4 Å². The highest BCUT2D eigenvalue weighted by Crippen LogP contribution is 2.45. The molecule has 0 bridgehead atoms. The largest absolute Gasteiger partial charge is 0.503 e. The Morgan fingerprint density at radius 1 is 0.953 bits per heavy atom. The second kappa shape index (κ2) is 10.8. The van der Waals surface area contributed by atoms with Crippen molar-refractivity contribution in [1.29, 1.82) is 0 Å². The van der Waals surface area contributed by atoms with Crippen LogP contribution in [0.4, 0.5) is 5.13 Å². The van der Waals surface area contributed by atoms with Gasteiger partial charge < -0.3 is 19.0 Å². The fourth-order valence-corrected chi connectivity index (χ4v) is 6.21. The molecular weight excluding hydrogens is 564 g/mol. The lowest BCUT2D eigenvalue weighted by molar-refractivity contribution is -0.117. The highest BCUT2D eigenvalue weighted by molar-refractivity contribution is 7.22. The normalized spacial score (nSPS) is 15.0. The number of fused-ring (bicyclic) bond motifs is 2. The molecule has 3 heterocycles. The van der Waals surface area contributed by atoms with Gasteiger partial charge in [0.2, 0.25) is 5.78 Å². The molecule has 0 radical (unpaired) electrons. The van der Waals surface area contributed by atoms with Crippen LogP contribution in [0.1, 0.15) is 27.7 Å². The molecule has 0 spiro atoms. The molecule has 4 aromatic carbocycles. The number of hydrogen-bond donors (Lipinski definition) is 1. The number of benzene rings is 4. The summed E-state index contributed by atoms with van der Waals surface area (Å²) in [4.78, 5) is 33.7. The zero-order chi connectivity index (χ0) is 29.5. The van der Waals surface area contributed by atoms with Gasteiger partial charge in [-0.1, -0.05) is 72.0 Å². The number of rotatable bonds is 8. The third kappa shape index (κ3) is 4.79. The molecule has 6 aromatic rings. The molecule has 1 aliphatic heterocycles. The standard InChI is InChI=1S/C34H24N2O6S/c1-40-24-15-16-25-28(18-24)43-34(35-25)36-30(21-11-13-23(14-12-21)41-19-20-7-3-2-4-8-20)29(32(38)33(36)39)31(37)27-17-22-9-5-6-10-26(22)42-27/h2-18,30,38H,19H2,1H3. The fraction of sp³-hybridized carbons (Fsp3) is 0.0882. The predicted octanol–water partition coefficient (Wildman–Crippen LogP) is 7.41. The summed E-state index contributed by atoms with van der Waals surface area (Å²) in [5.41, 5.74) is 2.73. The summed E-state index contributed by atoms with van der Waals surface area (Å²) in [6.45, 7) is 0.389. The second-order valence-electron chi connectivity index (χ2n) is 9.99. The van der Waals surface area contributed by atoms with Crippen molar-refractivity contribution >= 4 is 49.3 Å². The number of para-hydroxylation sites is 1. The van der Waals surface area contributed by atoms with Crippen LogP contribution < -0.4 is 14.4 Å². The highest BCUT2D eigenvalue weighted by atomic mass is 32.1. The SMILES string of the molecule is COc1ccc2nc(N3C(=O)C(O)=C(C(=O)c4cc5ccccc5o4)C3c3ccc(OCc4ccccc4)cc3)sc2c1. The number of carbonyl (C=O) groups is 2. The van der Waals surface area contributed by atoms with Crippen molar-refractivity contribution in [2.75, 3.05) is 12.0 Å². The smallest absolute Gasteiger partial charge is 0.296 e. The van der Waals surface area contributed by atoms with E-state index in [1.165, 1.54) is 16.2 Å². The molecule has 1 atom stereocenters. The number of ether oxygens (including phenoxy) is 2. The van der Waals surface area contributed by atoms with Gasteiger partial charge in [0.15, 0.2) is 16.7 Å². The Kier molecular flexibility index (Phi) is 6.64. The first-order chi connectivity index (χ1) is 21.0. The minimum Gasteiger partial charge on any atom is -0.503 e. The summed E-state index contributed by atoms with van der Waals surface area (Å²) in [7, 11) is 1.58. The number of anilines is 1. The molecule has 1 aliphatic rings. The van der Waals surface area contributed by atoms with Crippen molar-refractivity contribution in [3.05, 3.63) is 131 Å². The molecule has 1 N–H and O–H groups in total.